The minimum absolute atomic E-state index is 0.158. The molecule has 2 heterocycles. The first-order valence-electron chi connectivity index (χ1n) is 8.48. The summed E-state index contributed by atoms with van der Waals surface area (Å²) in [6.45, 7) is 0. The Labute approximate surface area is 169 Å². The maximum Gasteiger partial charge on any atom is 0.307 e. The Kier molecular flexibility index (Phi) is 4.99. The number of ether oxygens (including phenoxy) is 1. The predicted octanol–water partition coefficient (Wildman–Crippen LogP) is 4.76. The number of halogens is 1. The molecule has 0 spiro atoms. The molecule has 0 aliphatic rings. The molecule has 0 radical (unpaired) electrons. The standard InChI is InChI=1S/C21H16BrN3O3/c1-27-18-11-16(22)9-15-10-19(28-20(15)18)21(26)24-23-12-14-7-8-25(13-14)17-5-3-2-4-6-17/h2-13H,1H3,(H,24,26)/b23-12-. The molecule has 4 rings (SSSR count). The van der Waals surface area contributed by atoms with Gasteiger partial charge in [0.1, 0.15) is 0 Å². The average Bonchev–Trinajstić information content (AvgIpc) is 3.35. The summed E-state index contributed by atoms with van der Waals surface area (Å²) in [4.78, 5) is 12.3. The van der Waals surface area contributed by atoms with E-state index in [9.17, 15) is 4.79 Å². The van der Waals surface area contributed by atoms with Crippen molar-refractivity contribution in [3.8, 4) is 11.4 Å². The molecule has 0 bridgehead atoms. The lowest BCUT2D eigenvalue weighted by Gasteiger charge is -2.00. The number of para-hydroxylation sites is 1. The van der Waals surface area contributed by atoms with Crippen LogP contribution < -0.4 is 10.2 Å². The largest absolute Gasteiger partial charge is 0.493 e. The van der Waals surface area contributed by atoms with E-state index < -0.39 is 5.91 Å². The van der Waals surface area contributed by atoms with E-state index >= 15 is 0 Å². The summed E-state index contributed by atoms with van der Waals surface area (Å²) < 4.78 is 13.7. The van der Waals surface area contributed by atoms with E-state index in [0.29, 0.717) is 11.3 Å². The number of furan rings is 1. The second-order valence-corrected chi connectivity index (χ2v) is 6.94. The van der Waals surface area contributed by atoms with Gasteiger partial charge in [-0.25, -0.2) is 5.43 Å². The Morgan fingerprint density at radius 2 is 2.04 bits per heavy atom. The van der Waals surface area contributed by atoms with Gasteiger partial charge in [0, 0.05) is 33.5 Å². The summed E-state index contributed by atoms with van der Waals surface area (Å²) in [5.74, 6) is 0.271. The monoisotopic (exact) mass is 437 g/mol. The van der Waals surface area contributed by atoms with Crippen molar-refractivity contribution < 1.29 is 13.9 Å². The second-order valence-electron chi connectivity index (χ2n) is 6.02. The van der Waals surface area contributed by atoms with Crippen molar-refractivity contribution in [1.29, 1.82) is 0 Å². The van der Waals surface area contributed by atoms with Gasteiger partial charge in [0.15, 0.2) is 17.1 Å². The number of amides is 1. The normalized spacial score (nSPS) is 11.2. The molecule has 0 fully saturated rings. The molecule has 1 N–H and O–H groups in total. The number of hydrogen-bond donors (Lipinski definition) is 1. The van der Waals surface area contributed by atoms with Gasteiger partial charge in [0.2, 0.25) is 0 Å². The Morgan fingerprint density at radius 3 is 2.82 bits per heavy atom. The quantitative estimate of drug-likeness (QED) is 0.361. The number of hydrogen-bond acceptors (Lipinski definition) is 4. The summed E-state index contributed by atoms with van der Waals surface area (Å²) >= 11 is 3.41. The van der Waals surface area contributed by atoms with Crippen LogP contribution in [0.1, 0.15) is 16.1 Å². The van der Waals surface area contributed by atoms with Gasteiger partial charge in [-0.05, 0) is 36.4 Å². The fourth-order valence-electron chi connectivity index (χ4n) is 2.82. The number of fused-ring (bicyclic) bond motifs is 1. The van der Waals surface area contributed by atoms with Gasteiger partial charge in [0.25, 0.3) is 0 Å². The van der Waals surface area contributed by atoms with Crippen molar-refractivity contribution in [2.75, 3.05) is 7.11 Å². The number of methoxy groups -OCH3 is 1. The molecular weight excluding hydrogens is 422 g/mol. The number of carbonyl (C=O) groups excluding carboxylic acids is 1. The zero-order valence-corrected chi connectivity index (χ0v) is 16.5. The number of aromatic nitrogens is 1. The molecule has 6 nitrogen and oxygen atoms in total. The van der Waals surface area contributed by atoms with Crippen LogP contribution in [0.4, 0.5) is 0 Å². The van der Waals surface area contributed by atoms with Crippen molar-refractivity contribution in [2.24, 2.45) is 5.10 Å². The summed E-state index contributed by atoms with van der Waals surface area (Å²) in [5.41, 5.74) is 4.91. The molecule has 0 aliphatic carbocycles. The molecule has 2 aromatic heterocycles. The van der Waals surface area contributed by atoms with Gasteiger partial charge in [-0.15, -0.1) is 0 Å². The molecule has 0 saturated heterocycles. The number of hydrazone groups is 1. The number of nitrogens with one attached hydrogen (secondary N) is 1. The minimum Gasteiger partial charge on any atom is -0.493 e. The highest BCUT2D eigenvalue weighted by atomic mass is 79.9. The van der Waals surface area contributed by atoms with Gasteiger partial charge in [0.05, 0.1) is 13.3 Å². The van der Waals surface area contributed by atoms with Gasteiger partial charge >= 0.3 is 5.91 Å². The summed E-state index contributed by atoms with van der Waals surface area (Å²) in [6.07, 6.45) is 5.44. The van der Waals surface area contributed by atoms with E-state index in [1.54, 1.807) is 25.5 Å². The van der Waals surface area contributed by atoms with Gasteiger partial charge in [-0.3, -0.25) is 4.79 Å². The second kappa shape index (κ2) is 7.74. The highest BCUT2D eigenvalue weighted by Crippen LogP contribution is 2.32. The third-order valence-corrected chi connectivity index (χ3v) is 4.60. The summed E-state index contributed by atoms with van der Waals surface area (Å²) in [6, 6.07) is 17.1. The number of carbonyl (C=O) groups is 1. The van der Waals surface area contributed by atoms with E-state index in [-0.39, 0.29) is 5.76 Å². The Bertz CT molecular complexity index is 1160. The Morgan fingerprint density at radius 1 is 1.21 bits per heavy atom. The van der Waals surface area contributed by atoms with Crippen molar-refractivity contribution >= 4 is 39.0 Å². The third kappa shape index (κ3) is 3.70. The molecule has 2 aromatic carbocycles. The van der Waals surface area contributed by atoms with E-state index in [0.717, 1.165) is 21.1 Å². The van der Waals surface area contributed by atoms with Crippen LogP contribution in [0.25, 0.3) is 16.7 Å². The zero-order chi connectivity index (χ0) is 19.5. The zero-order valence-electron chi connectivity index (χ0n) is 14.9. The molecule has 0 aliphatic heterocycles. The molecule has 0 unspecified atom stereocenters. The molecule has 28 heavy (non-hydrogen) atoms. The Balaban J connectivity index is 1.47. The van der Waals surface area contributed by atoms with Crippen LogP contribution in [0.2, 0.25) is 0 Å². The number of rotatable bonds is 5. The van der Waals surface area contributed by atoms with Crippen molar-refractivity contribution in [3.05, 3.63) is 82.8 Å². The van der Waals surface area contributed by atoms with Gasteiger partial charge in [-0.2, -0.15) is 5.10 Å². The molecule has 0 saturated carbocycles. The smallest absolute Gasteiger partial charge is 0.307 e. The van der Waals surface area contributed by atoms with Gasteiger partial charge in [-0.1, -0.05) is 34.1 Å². The van der Waals surface area contributed by atoms with Crippen molar-refractivity contribution in [3.63, 3.8) is 0 Å². The molecular formula is C21H16BrN3O3. The van der Waals surface area contributed by atoms with Crippen molar-refractivity contribution in [1.82, 2.24) is 9.99 Å². The summed E-state index contributed by atoms with van der Waals surface area (Å²) in [7, 11) is 1.55. The third-order valence-electron chi connectivity index (χ3n) is 4.14. The van der Waals surface area contributed by atoms with E-state index in [4.69, 9.17) is 9.15 Å². The lowest BCUT2D eigenvalue weighted by atomic mass is 10.2. The van der Waals surface area contributed by atoms with E-state index in [2.05, 4.69) is 26.5 Å². The maximum absolute atomic E-state index is 12.3. The first kappa shape index (κ1) is 18.1. The van der Waals surface area contributed by atoms with Crippen molar-refractivity contribution in [2.45, 2.75) is 0 Å². The predicted molar refractivity (Wildman–Crippen MR) is 111 cm³/mol. The fraction of sp³-hybridized carbons (Fsp3) is 0.0476. The van der Waals surface area contributed by atoms with Crippen LogP contribution in [0.5, 0.6) is 5.75 Å². The number of benzene rings is 2. The van der Waals surface area contributed by atoms with E-state index in [1.165, 1.54) is 0 Å². The SMILES string of the molecule is COc1cc(Br)cc2cc(C(=O)N/N=C\c3ccn(-c4ccccc4)c3)oc12. The summed E-state index contributed by atoms with van der Waals surface area (Å²) in [5, 5.41) is 4.78. The van der Waals surface area contributed by atoms with Crippen LogP contribution in [0.15, 0.2) is 81.0 Å². The topological polar surface area (TPSA) is 68.8 Å². The maximum atomic E-state index is 12.3. The fourth-order valence-corrected chi connectivity index (χ4v) is 3.27. The lowest BCUT2D eigenvalue weighted by Crippen LogP contribution is -2.16. The Hall–Kier alpha value is -3.32. The molecule has 1 amide bonds. The lowest BCUT2D eigenvalue weighted by molar-refractivity contribution is 0.0929. The van der Waals surface area contributed by atoms with E-state index in [1.807, 2.05) is 59.4 Å². The van der Waals surface area contributed by atoms with Gasteiger partial charge < -0.3 is 13.7 Å². The molecule has 140 valence electrons. The van der Waals surface area contributed by atoms with Crippen LogP contribution in [-0.4, -0.2) is 23.8 Å². The van der Waals surface area contributed by atoms with Crippen LogP contribution in [0, 0.1) is 0 Å². The number of nitrogens with zero attached hydrogens (tertiary/aromatic N) is 2. The molecule has 4 aromatic rings. The van der Waals surface area contributed by atoms with Crippen LogP contribution in [0.3, 0.4) is 0 Å². The van der Waals surface area contributed by atoms with Crippen LogP contribution in [-0.2, 0) is 0 Å². The van der Waals surface area contributed by atoms with Crippen LogP contribution >= 0.6 is 15.9 Å². The first-order chi connectivity index (χ1) is 13.6. The minimum atomic E-state index is -0.437. The molecule has 7 heteroatoms. The highest BCUT2D eigenvalue weighted by molar-refractivity contribution is 9.10. The molecule has 0 atom stereocenters. The average molecular weight is 438 g/mol. The first-order valence-corrected chi connectivity index (χ1v) is 9.27. The highest BCUT2D eigenvalue weighted by Gasteiger charge is 2.15.